The van der Waals surface area contributed by atoms with Crippen molar-refractivity contribution >= 4 is 28.4 Å². The molecule has 0 aliphatic carbocycles. The van der Waals surface area contributed by atoms with Gasteiger partial charge < -0.3 is 14.8 Å². The highest BCUT2D eigenvalue weighted by atomic mass is 35.5. The highest BCUT2D eigenvalue weighted by molar-refractivity contribution is 6.35. The summed E-state index contributed by atoms with van der Waals surface area (Å²) in [7, 11) is 1.54. The quantitative estimate of drug-likeness (QED) is 0.798. The Labute approximate surface area is 152 Å². The minimum absolute atomic E-state index is 0.166. The van der Waals surface area contributed by atoms with E-state index in [0.29, 0.717) is 28.4 Å². The van der Waals surface area contributed by atoms with Crippen LogP contribution in [0.4, 0.5) is 0 Å². The molecule has 0 bridgehead atoms. The Morgan fingerprint density at radius 1 is 1.40 bits per heavy atom. The number of pyridine rings is 1. The third-order valence-electron chi connectivity index (χ3n) is 4.29. The predicted molar refractivity (Wildman–Crippen MR) is 97.5 cm³/mol. The average molecular weight is 364 g/mol. The number of halogens is 1. The summed E-state index contributed by atoms with van der Waals surface area (Å²) in [6.07, 6.45) is 2.53. The molecule has 1 aromatic carbocycles. The smallest absolute Gasteiger partial charge is 0.255 e. The molecule has 6 nitrogen and oxygen atoms in total. The number of carbonyl (C=O) groups excluding carboxylic acids is 1. The number of carbonyl (C=O) groups is 1. The van der Waals surface area contributed by atoms with Gasteiger partial charge in [-0.2, -0.15) is 0 Å². The number of fused-ring (bicyclic) bond motifs is 1. The average Bonchev–Trinajstić information content (AvgIpc) is 2.65. The van der Waals surface area contributed by atoms with E-state index in [4.69, 9.17) is 21.1 Å². The van der Waals surface area contributed by atoms with Crippen molar-refractivity contribution in [2.24, 2.45) is 0 Å². The van der Waals surface area contributed by atoms with Crippen molar-refractivity contribution in [1.82, 2.24) is 15.2 Å². The summed E-state index contributed by atoms with van der Waals surface area (Å²) in [5.74, 6) is 0.327. The first kappa shape index (κ1) is 17.9. The zero-order chi connectivity index (χ0) is 17.6. The van der Waals surface area contributed by atoms with E-state index >= 15 is 0 Å². The van der Waals surface area contributed by atoms with Crippen LogP contribution >= 0.6 is 11.6 Å². The Morgan fingerprint density at radius 3 is 2.96 bits per heavy atom. The van der Waals surface area contributed by atoms with Gasteiger partial charge in [0.05, 0.1) is 36.4 Å². The summed E-state index contributed by atoms with van der Waals surface area (Å²) in [6, 6.07) is 5.19. The zero-order valence-electron chi connectivity index (χ0n) is 14.3. The second kappa shape index (κ2) is 8.47. The van der Waals surface area contributed by atoms with E-state index in [2.05, 4.69) is 15.2 Å². The molecule has 0 saturated carbocycles. The van der Waals surface area contributed by atoms with Crippen molar-refractivity contribution in [3.63, 3.8) is 0 Å². The molecule has 2 aromatic rings. The third kappa shape index (κ3) is 4.39. The molecule has 7 heteroatoms. The Balaban J connectivity index is 1.63. The minimum atomic E-state index is -0.166. The summed E-state index contributed by atoms with van der Waals surface area (Å²) < 4.78 is 10.7. The van der Waals surface area contributed by atoms with Crippen LogP contribution in [0.1, 0.15) is 16.8 Å². The molecule has 1 aliphatic rings. The molecule has 1 amide bonds. The molecule has 3 rings (SSSR count). The number of nitrogens with one attached hydrogen (secondary N) is 1. The van der Waals surface area contributed by atoms with Crippen molar-refractivity contribution in [3.05, 3.63) is 35.0 Å². The number of hydrogen-bond acceptors (Lipinski definition) is 5. The molecule has 0 spiro atoms. The largest absolute Gasteiger partial charge is 0.496 e. The third-order valence-corrected chi connectivity index (χ3v) is 4.62. The van der Waals surface area contributed by atoms with Crippen molar-refractivity contribution in [2.75, 3.05) is 46.5 Å². The van der Waals surface area contributed by atoms with Crippen LogP contribution in [-0.4, -0.2) is 62.3 Å². The monoisotopic (exact) mass is 363 g/mol. The second-order valence-corrected chi connectivity index (χ2v) is 6.33. The molecule has 0 atom stereocenters. The van der Waals surface area contributed by atoms with Crippen LogP contribution in [0.15, 0.2) is 24.4 Å². The lowest BCUT2D eigenvalue weighted by molar-refractivity contribution is 0.0374. The van der Waals surface area contributed by atoms with Gasteiger partial charge in [0.15, 0.2) is 0 Å². The fourth-order valence-electron chi connectivity index (χ4n) is 2.91. The Bertz CT molecular complexity index is 748. The maximum atomic E-state index is 12.5. The highest BCUT2D eigenvalue weighted by Crippen LogP contribution is 2.29. The number of hydrogen-bond donors (Lipinski definition) is 1. The van der Waals surface area contributed by atoms with Crippen molar-refractivity contribution in [2.45, 2.75) is 6.42 Å². The van der Waals surface area contributed by atoms with Gasteiger partial charge in [-0.05, 0) is 25.1 Å². The maximum absolute atomic E-state index is 12.5. The first-order valence-corrected chi connectivity index (χ1v) is 8.77. The van der Waals surface area contributed by atoms with E-state index in [1.54, 1.807) is 31.5 Å². The van der Waals surface area contributed by atoms with Gasteiger partial charge in [-0.25, -0.2) is 0 Å². The molecule has 1 saturated heterocycles. The van der Waals surface area contributed by atoms with Gasteiger partial charge in [-0.3, -0.25) is 14.7 Å². The van der Waals surface area contributed by atoms with Crippen LogP contribution in [0.2, 0.25) is 5.02 Å². The van der Waals surface area contributed by atoms with Crippen LogP contribution in [0.5, 0.6) is 5.75 Å². The Kier molecular flexibility index (Phi) is 6.07. The lowest BCUT2D eigenvalue weighted by Crippen LogP contribution is -2.38. The Hall–Kier alpha value is -1.89. The van der Waals surface area contributed by atoms with Gasteiger partial charge in [0.25, 0.3) is 5.91 Å². The molecule has 0 unspecified atom stereocenters. The summed E-state index contributed by atoms with van der Waals surface area (Å²) in [5, 5.41) is 4.26. The number of nitrogens with zero attached hydrogens (tertiary/aromatic N) is 2. The summed E-state index contributed by atoms with van der Waals surface area (Å²) >= 11 is 6.21. The number of benzene rings is 1. The first-order chi connectivity index (χ1) is 12.2. The van der Waals surface area contributed by atoms with E-state index < -0.39 is 0 Å². The van der Waals surface area contributed by atoms with Gasteiger partial charge >= 0.3 is 0 Å². The number of rotatable bonds is 6. The van der Waals surface area contributed by atoms with E-state index in [1.807, 2.05) is 0 Å². The second-order valence-electron chi connectivity index (χ2n) is 5.93. The van der Waals surface area contributed by atoms with E-state index in [-0.39, 0.29) is 5.91 Å². The van der Waals surface area contributed by atoms with E-state index in [0.717, 1.165) is 44.7 Å². The highest BCUT2D eigenvalue weighted by Gasteiger charge is 2.15. The molecule has 1 fully saturated rings. The number of ether oxygens (including phenoxy) is 2. The molecule has 1 aromatic heterocycles. The topological polar surface area (TPSA) is 63.7 Å². The van der Waals surface area contributed by atoms with Gasteiger partial charge in [-0.1, -0.05) is 11.6 Å². The van der Waals surface area contributed by atoms with Crippen LogP contribution in [0.3, 0.4) is 0 Å². The van der Waals surface area contributed by atoms with Crippen LogP contribution in [0, 0.1) is 0 Å². The lowest BCUT2D eigenvalue weighted by Gasteiger charge is -2.26. The van der Waals surface area contributed by atoms with E-state index in [9.17, 15) is 4.79 Å². The summed E-state index contributed by atoms with van der Waals surface area (Å²) in [5.41, 5.74) is 1.17. The number of methoxy groups -OCH3 is 1. The maximum Gasteiger partial charge on any atom is 0.255 e. The van der Waals surface area contributed by atoms with Crippen molar-refractivity contribution in [1.29, 1.82) is 0 Å². The zero-order valence-corrected chi connectivity index (χ0v) is 15.0. The van der Waals surface area contributed by atoms with Crippen molar-refractivity contribution < 1.29 is 14.3 Å². The van der Waals surface area contributed by atoms with Crippen LogP contribution in [-0.2, 0) is 4.74 Å². The standard InChI is InChI=1S/C18H22ClN3O3/c1-24-17-12-16-13(15(19)3-5-20-16)11-14(17)18(23)21-4-2-6-22-7-9-25-10-8-22/h3,5,11-12H,2,4,6-10H2,1H3,(H,21,23). The van der Waals surface area contributed by atoms with Crippen molar-refractivity contribution in [3.8, 4) is 5.75 Å². The normalized spacial score (nSPS) is 15.3. The fraction of sp³-hybridized carbons (Fsp3) is 0.444. The number of amides is 1. The molecule has 0 radical (unpaired) electrons. The molecule has 134 valence electrons. The molecule has 1 aliphatic heterocycles. The van der Waals surface area contributed by atoms with Gasteiger partial charge in [0, 0.05) is 37.3 Å². The summed E-state index contributed by atoms with van der Waals surface area (Å²) in [6.45, 7) is 5.05. The molecule has 1 N–H and O–H groups in total. The van der Waals surface area contributed by atoms with Gasteiger partial charge in [0.2, 0.25) is 0 Å². The molecule has 2 heterocycles. The summed E-state index contributed by atoms with van der Waals surface area (Å²) in [4.78, 5) is 19.2. The predicted octanol–water partition coefficient (Wildman–Crippen LogP) is 2.35. The first-order valence-electron chi connectivity index (χ1n) is 8.39. The minimum Gasteiger partial charge on any atom is -0.496 e. The van der Waals surface area contributed by atoms with Gasteiger partial charge in [0.1, 0.15) is 5.75 Å². The van der Waals surface area contributed by atoms with Crippen LogP contribution in [0.25, 0.3) is 10.9 Å². The molecular formula is C18H22ClN3O3. The van der Waals surface area contributed by atoms with Crippen LogP contribution < -0.4 is 10.1 Å². The lowest BCUT2D eigenvalue weighted by atomic mass is 10.1. The number of aromatic nitrogens is 1. The molecular weight excluding hydrogens is 342 g/mol. The van der Waals surface area contributed by atoms with Gasteiger partial charge in [-0.15, -0.1) is 0 Å². The number of morpholine rings is 1. The molecule has 25 heavy (non-hydrogen) atoms. The fourth-order valence-corrected chi connectivity index (χ4v) is 3.12. The van der Waals surface area contributed by atoms with E-state index in [1.165, 1.54) is 0 Å². The SMILES string of the molecule is COc1cc2nccc(Cl)c2cc1C(=O)NCCCN1CCOCC1. The Morgan fingerprint density at radius 2 is 2.20 bits per heavy atom.